The van der Waals surface area contributed by atoms with Crippen LogP contribution in [-0.4, -0.2) is 25.2 Å². The number of nitrogens with zero attached hydrogens (tertiary/aromatic N) is 5. The van der Waals surface area contributed by atoms with Crippen molar-refractivity contribution in [1.29, 1.82) is 0 Å². The minimum absolute atomic E-state index is 0.0155. The number of fused-ring (bicyclic) bond motifs is 13. The van der Waals surface area contributed by atoms with E-state index in [0.717, 1.165) is 42.8 Å². The van der Waals surface area contributed by atoms with E-state index in [2.05, 4.69) is 121 Å². The number of anilines is 1. The molecule has 4 aliphatic heterocycles. The van der Waals surface area contributed by atoms with Crippen molar-refractivity contribution in [2.75, 3.05) is 4.90 Å². The van der Waals surface area contributed by atoms with Crippen molar-refractivity contribution in [3.8, 4) is 0 Å². The Morgan fingerprint density at radius 2 is 1.87 bits per heavy atom. The van der Waals surface area contributed by atoms with E-state index in [1.165, 1.54) is 53.4 Å². The molecule has 3 unspecified atom stereocenters. The van der Waals surface area contributed by atoms with E-state index in [1.54, 1.807) is 4.68 Å². The second-order valence-corrected chi connectivity index (χ2v) is 16.1. The fourth-order valence-corrected chi connectivity index (χ4v) is 11.7. The van der Waals surface area contributed by atoms with E-state index in [9.17, 15) is 13.2 Å². The first-order chi connectivity index (χ1) is 25.1. The number of benzene rings is 2. The Balaban J connectivity index is 1.22. The van der Waals surface area contributed by atoms with Crippen molar-refractivity contribution in [3.63, 3.8) is 0 Å². The van der Waals surface area contributed by atoms with Crippen LogP contribution in [0.1, 0.15) is 94.6 Å². The van der Waals surface area contributed by atoms with Crippen molar-refractivity contribution >= 4 is 56.2 Å². The van der Waals surface area contributed by atoms with Gasteiger partial charge >= 0.3 is 6.18 Å². The summed E-state index contributed by atoms with van der Waals surface area (Å²) in [7, 11) is 0. The Hall–Kier alpha value is -4.63. The first-order valence-corrected chi connectivity index (χ1v) is 19.5. The molecule has 6 aliphatic rings. The third kappa shape index (κ3) is 4.00. The summed E-state index contributed by atoms with van der Waals surface area (Å²) in [6.07, 6.45) is 16.9. The summed E-state index contributed by atoms with van der Waals surface area (Å²) in [6.45, 7) is 8.72. The van der Waals surface area contributed by atoms with Gasteiger partial charge in [0.1, 0.15) is 0 Å². The monoisotopic (exact) mass is 715 g/mol. The highest BCUT2D eigenvalue weighted by Gasteiger charge is 2.72. The molecule has 3 atom stereocenters. The number of para-hydroxylation sites is 1. The van der Waals surface area contributed by atoms with Crippen LogP contribution in [0.4, 0.5) is 18.9 Å². The van der Waals surface area contributed by atoms with Crippen LogP contribution >= 0.6 is 11.3 Å². The van der Waals surface area contributed by atoms with Crippen LogP contribution in [0.15, 0.2) is 78.2 Å². The van der Waals surface area contributed by atoms with Gasteiger partial charge in [0, 0.05) is 37.8 Å². The van der Waals surface area contributed by atoms with E-state index >= 15 is 0 Å². The molecule has 2 aromatic carbocycles. The minimum Gasteiger partial charge on any atom is -0.336 e. The molecule has 1 saturated carbocycles. The lowest BCUT2D eigenvalue weighted by Gasteiger charge is -2.71. The topological polar surface area (TPSA) is 37.2 Å². The molecule has 2 aromatic heterocycles. The van der Waals surface area contributed by atoms with E-state index in [1.807, 2.05) is 17.4 Å². The van der Waals surface area contributed by atoms with Gasteiger partial charge in [0.15, 0.2) is 5.82 Å². The van der Waals surface area contributed by atoms with E-state index in [0.29, 0.717) is 25.1 Å². The smallest absolute Gasteiger partial charge is 0.336 e. The van der Waals surface area contributed by atoms with Crippen LogP contribution in [0.25, 0.3) is 39.2 Å². The number of rotatable bonds is 5. The molecular weight excluding hydrogens is 676 g/mol. The fourth-order valence-electron chi connectivity index (χ4n) is 10.5. The number of halogens is 3. The number of hydrogen-bond donors (Lipinski definition) is 0. The quantitative estimate of drug-likeness (QED) is 0.206. The molecular formula is C43H40F3N5S. The molecule has 4 aromatic rings. The molecule has 0 amide bonds. The van der Waals surface area contributed by atoms with Crippen LogP contribution in [0.2, 0.25) is 0 Å². The zero-order valence-corrected chi connectivity index (χ0v) is 30.6. The van der Waals surface area contributed by atoms with E-state index in [-0.39, 0.29) is 5.92 Å². The van der Waals surface area contributed by atoms with Crippen molar-refractivity contribution in [1.82, 2.24) is 19.7 Å². The highest BCUT2D eigenvalue weighted by molar-refractivity contribution is 7.17. The maximum absolute atomic E-state index is 14.2. The van der Waals surface area contributed by atoms with Gasteiger partial charge in [0.05, 0.1) is 28.2 Å². The lowest BCUT2D eigenvalue weighted by atomic mass is 9.48. The standard InChI is InChI=1S/C43H40F3N5S/c1-5-12-26-16-17-29-31-21-27-22-36(50-33-14-9-8-13-28(33)25(4)19-35(50)30(27)23-38(31)52-37(29)20-26)32-24-41(6-2)42(32,7-3)49-18-11-10-15-34(49)39-47-40(43(44,45)46)48-51(39)41/h8-9,11,13-16,18-23,32H,5-7,10,12,17,24H2,1-4H3. The van der Waals surface area contributed by atoms with Gasteiger partial charge in [-0.1, -0.05) is 69.2 Å². The third-order valence-electron chi connectivity index (χ3n) is 12.7. The Morgan fingerprint density at radius 3 is 2.65 bits per heavy atom. The predicted molar refractivity (Wildman–Crippen MR) is 204 cm³/mol. The summed E-state index contributed by atoms with van der Waals surface area (Å²) in [6, 6.07) is 13.4. The van der Waals surface area contributed by atoms with Gasteiger partial charge in [-0.25, -0.2) is 9.67 Å². The number of allylic oxidation sites excluding steroid dienone is 5. The number of hydrogen-bond acceptors (Lipinski definition) is 5. The molecule has 264 valence electrons. The van der Waals surface area contributed by atoms with Gasteiger partial charge in [-0.05, 0) is 104 Å². The summed E-state index contributed by atoms with van der Waals surface area (Å²) >= 11 is 1.89. The molecule has 0 radical (unpaired) electrons. The highest BCUT2D eigenvalue weighted by atomic mass is 32.1. The van der Waals surface area contributed by atoms with Gasteiger partial charge in [0.25, 0.3) is 5.82 Å². The molecule has 52 heavy (non-hydrogen) atoms. The summed E-state index contributed by atoms with van der Waals surface area (Å²) in [5.74, 6) is -0.765. The normalized spacial score (nSPS) is 25.3. The fraction of sp³-hybridized carbons (Fsp3) is 0.349. The van der Waals surface area contributed by atoms with Crippen molar-refractivity contribution < 1.29 is 13.2 Å². The molecule has 1 fully saturated rings. The van der Waals surface area contributed by atoms with Gasteiger partial charge in [0.2, 0.25) is 0 Å². The second-order valence-electron chi connectivity index (χ2n) is 15.1. The van der Waals surface area contributed by atoms with Crippen molar-refractivity contribution in [2.24, 2.45) is 5.92 Å². The Morgan fingerprint density at radius 1 is 1.02 bits per heavy atom. The maximum Gasteiger partial charge on any atom is 0.453 e. The van der Waals surface area contributed by atoms with Crippen LogP contribution in [0.3, 0.4) is 0 Å². The summed E-state index contributed by atoms with van der Waals surface area (Å²) in [4.78, 5) is 8.91. The molecule has 0 saturated heterocycles. The molecule has 0 N–H and O–H groups in total. The molecule has 0 spiro atoms. The zero-order chi connectivity index (χ0) is 35.7. The summed E-state index contributed by atoms with van der Waals surface area (Å²) in [5.41, 5.74) is 9.39. The summed E-state index contributed by atoms with van der Waals surface area (Å²) in [5, 5.41) is 6.83. The lowest BCUT2D eigenvalue weighted by Crippen LogP contribution is -2.78. The second kappa shape index (κ2) is 10.9. The first-order valence-electron chi connectivity index (χ1n) is 18.6. The Labute approximate surface area is 305 Å². The van der Waals surface area contributed by atoms with Crippen LogP contribution in [0.5, 0.6) is 0 Å². The first kappa shape index (κ1) is 32.1. The average Bonchev–Trinajstić information content (AvgIpc) is 3.74. The molecule has 5 nitrogen and oxygen atoms in total. The Bertz CT molecular complexity index is 2530. The molecule has 0 bridgehead atoms. The molecule has 10 rings (SSSR count). The zero-order valence-electron chi connectivity index (χ0n) is 29.8. The SMILES string of the molecule is CCCC1=CCc2c(sc3cc4c(cc23)C=C(C2CC3(CC)n5nc(C(F)(F)F)nc5C5=CCC=CN5C23CC)N2C=4C=C(C)c3ccccc32)=C1. The van der Waals surface area contributed by atoms with Gasteiger partial charge < -0.3 is 9.80 Å². The number of thiophene rings is 1. The minimum atomic E-state index is -4.63. The highest BCUT2D eigenvalue weighted by Crippen LogP contribution is 2.67. The lowest BCUT2D eigenvalue weighted by molar-refractivity contribution is -0.149. The third-order valence-corrected chi connectivity index (χ3v) is 13.9. The molecule has 9 heteroatoms. The van der Waals surface area contributed by atoms with E-state index < -0.39 is 23.1 Å². The van der Waals surface area contributed by atoms with Crippen LogP contribution < -0.4 is 14.7 Å². The Kier molecular flexibility index (Phi) is 6.75. The molecule has 2 aliphatic carbocycles. The van der Waals surface area contributed by atoms with Gasteiger partial charge in [-0.2, -0.15) is 13.2 Å². The van der Waals surface area contributed by atoms with Gasteiger partial charge in [-0.15, -0.1) is 16.4 Å². The van der Waals surface area contributed by atoms with Crippen LogP contribution in [-0.2, 0) is 18.1 Å². The summed E-state index contributed by atoms with van der Waals surface area (Å²) < 4.78 is 47.1. The molecule has 6 heterocycles. The van der Waals surface area contributed by atoms with Crippen molar-refractivity contribution in [2.45, 2.75) is 89.9 Å². The number of alkyl halides is 3. The van der Waals surface area contributed by atoms with Gasteiger partial charge in [-0.3, -0.25) is 0 Å². The number of aromatic nitrogens is 3. The van der Waals surface area contributed by atoms with Crippen LogP contribution in [0, 0.1) is 5.92 Å². The predicted octanol–water partition coefficient (Wildman–Crippen LogP) is 9.51. The van der Waals surface area contributed by atoms with E-state index in [4.69, 9.17) is 0 Å². The van der Waals surface area contributed by atoms with Crippen molar-refractivity contribution in [3.05, 3.63) is 116 Å². The average molecular weight is 716 g/mol. The largest absolute Gasteiger partial charge is 0.453 e. The maximum atomic E-state index is 14.2.